The van der Waals surface area contributed by atoms with E-state index in [0.717, 1.165) is 24.5 Å². The minimum absolute atomic E-state index is 0. The Bertz CT molecular complexity index is 260. The van der Waals surface area contributed by atoms with Crippen molar-refractivity contribution < 1.29 is 0 Å². The van der Waals surface area contributed by atoms with Crippen LogP contribution in [0.1, 0.15) is 0 Å². The highest BCUT2D eigenvalue weighted by Gasteiger charge is 2.03. The normalized spacial score (nSPS) is 8.88. The average molecular weight is 306 g/mol. The highest BCUT2D eigenvalue weighted by Crippen LogP contribution is 2.16. The standard InChI is InChI=1S/C10H14Cl2N2.2ClH/c11-5-7-14(8-6-12)10-3-1-9(13)2-4-10;;/h1-4H,5-8,13H2;2*1H. The van der Waals surface area contributed by atoms with Gasteiger partial charge in [0.2, 0.25) is 0 Å². The Morgan fingerprint density at radius 2 is 1.38 bits per heavy atom. The second-order valence-corrected chi connectivity index (χ2v) is 3.71. The molecule has 1 aromatic carbocycles. The fraction of sp³-hybridized carbons (Fsp3) is 0.400. The molecule has 1 aromatic rings. The predicted molar refractivity (Wildman–Crippen MR) is 79.0 cm³/mol. The summed E-state index contributed by atoms with van der Waals surface area (Å²) in [6.45, 7) is 1.61. The number of nitrogens with two attached hydrogens (primary N) is 1. The van der Waals surface area contributed by atoms with Gasteiger partial charge in [-0.25, -0.2) is 0 Å². The second kappa shape index (κ2) is 10.2. The molecule has 2 N–H and O–H groups in total. The zero-order chi connectivity index (χ0) is 10.4. The third kappa shape index (κ3) is 5.90. The first-order valence-corrected chi connectivity index (χ1v) is 5.57. The van der Waals surface area contributed by atoms with E-state index >= 15 is 0 Å². The Hall–Kier alpha value is -0.0200. The summed E-state index contributed by atoms with van der Waals surface area (Å²) in [6, 6.07) is 7.72. The molecule has 0 saturated carbocycles. The van der Waals surface area contributed by atoms with Crippen molar-refractivity contribution >= 4 is 59.4 Å². The number of alkyl halides is 2. The molecule has 0 aromatic heterocycles. The van der Waals surface area contributed by atoms with E-state index in [9.17, 15) is 0 Å². The van der Waals surface area contributed by atoms with E-state index in [2.05, 4.69) is 4.90 Å². The van der Waals surface area contributed by atoms with Crippen LogP contribution < -0.4 is 10.6 Å². The summed E-state index contributed by atoms with van der Waals surface area (Å²) >= 11 is 11.4. The number of halogens is 4. The number of nitrogen functional groups attached to an aromatic ring is 1. The molecule has 0 radical (unpaired) electrons. The van der Waals surface area contributed by atoms with Gasteiger partial charge in [0, 0.05) is 36.2 Å². The van der Waals surface area contributed by atoms with E-state index in [1.807, 2.05) is 24.3 Å². The smallest absolute Gasteiger partial charge is 0.0399 e. The topological polar surface area (TPSA) is 29.3 Å². The van der Waals surface area contributed by atoms with Crippen LogP contribution in [0.4, 0.5) is 11.4 Å². The van der Waals surface area contributed by atoms with Crippen molar-refractivity contribution in [2.24, 2.45) is 0 Å². The van der Waals surface area contributed by atoms with E-state index in [0.29, 0.717) is 11.8 Å². The van der Waals surface area contributed by atoms with Crippen LogP contribution >= 0.6 is 48.0 Å². The highest BCUT2D eigenvalue weighted by molar-refractivity contribution is 6.18. The van der Waals surface area contributed by atoms with Gasteiger partial charge < -0.3 is 10.6 Å². The van der Waals surface area contributed by atoms with E-state index in [-0.39, 0.29) is 24.8 Å². The molecule has 0 aliphatic carbocycles. The highest BCUT2D eigenvalue weighted by atomic mass is 35.5. The summed E-state index contributed by atoms with van der Waals surface area (Å²) < 4.78 is 0. The first-order chi connectivity index (χ1) is 6.77. The third-order valence-corrected chi connectivity index (χ3v) is 2.31. The molecule has 0 atom stereocenters. The molecule has 0 unspecified atom stereocenters. The van der Waals surface area contributed by atoms with Gasteiger partial charge in [-0.15, -0.1) is 48.0 Å². The van der Waals surface area contributed by atoms with E-state index in [1.165, 1.54) is 0 Å². The zero-order valence-electron chi connectivity index (χ0n) is 8.73. The van der Waals surface area contributed by atoms with Crippen LogP contribution in [0.3, 0.4) is 0 Å². The minimum atomic E-state index is 0. The maximum Gasteiger partial charge on any atom is 0.0399 e. The Morgan fingerprint density at radius 1 is 0.938 bits per heavy atom. The zero-order valence-corrected chi connectivity index (χ0v) is 11.9. The lowest BCUT2D eigenvalue weighted by atomic mass is 10.2. The van der Waals surface area contributed by atoms with Crippen LogP contribution in [0.2, 0.25) is 0 Å². The van der Waals surface area contributed by atoms with Crippen LogP contribution in [-0.4, -0.2) is 24.8 Å². The van der Waals surface area contributed by atoms with Gasteiger partial charge in [-0.1, -0.05) is 0 Å². The molecule has 2 nitrogen and oxygen atoms in total. The molecule has 1 rings (SSSR count). The summed E-state index contributed by atoms with van der Waals surface area (Å²) in [5.41, 5.74) is 7.48. The SMILES string of the molecule is Cl.Cl.Nc1ccc(N(CCCl)CCCl)cc1. The van der Waals surface area contributed by atoms with Gasteiger partial charge in [0.15, 0.2) is 0 Å². The largest absolute Gasteiger partial charge is 0.399 e. The fourth-order valence-corrected chi connectivity index (χ4v) is 1.67. The van der Waals surface area contributed by atoms with Gasteiger partial charge in [-0.05, 0) is 24.3 Å². The van der Waals surface area contributed by atoms with Crippen LogP contribution in [-0.2, 0) is 0 Å². The lowest BCUT2D eigenvalue weighted by Gasteiger charge is -2.22. The molecule has 0 saturated heterocycles. The van der Waals surface area contributed by atoms with Crippen LogP contribution in [0.25, 0.3) is 0 Å². The Morgan fingerprint density at radius 3 is 1.75 bits per heavy atom. The number of rotatable bonds is 5. The van der Waals surface area contributed by atoms with Crippen molar-refractivity contribution in [1.82, 2.24) is 0 Å². The lowest BCUT2D eigenvalue weighted by Crippen LogP contribution is -2.27. The predicted octanol–water partition coefficient (Wildman–Crippen LogP) is 3.40. The summed E-state index contributed by atoms with van der Waals surface area (Å²) in [6.07, 6.45) is 0. The third-order valence-electron chi connectivity index (χ3n) is 1.97. The summed E-state index contributed by atoms with van der Waals surface area (Å²) in [4.78, 5) is 2.14. The summed E-state index contributed by atoms with van der Waals surface area (Å²) in [5, 5.41) is 0. The molecule has 94 valence electrons. The summed E-state index contributed by atoms with van der Waals surface area (Å²) in [7, 11) is 0. The van der Waals surface area contributed by atoms with Crippen molar-refractivity contribution in [2.75, 3.05) is 35.5 Å². The number of benzene rings is 1. The molecule has 0 fully saturated rings. The Kier molecular flexibility index (Phi) is 11.6. The number of nitrogens with zero attached hydrogens (tertiary/aromatic N) is 1. The molecule has 0 aliphatic heterocycles. The number of hydrogen-bond acceptors (Lipinski definition) is 2. The van der Waals surface area contributed by atoms with Crippen LogP contribution in [0.15, 0.2) is 24.3 Å². The minimum Gasteiger partial charge on any atom is -0.399 e. The van der Waals surface area contributed by atoms with Crippen molar-refractivity contribution in [2.45, 2.75) is 0 Å². The van der Waals surface area contributed by atoms with E-state index in [4.69, 9.17) is 28.9 Å². The Balaban J connectivity index is 0. The number of anilines is 2. The molecule has 0 amide bonds. The first kappa shape index (κ1) is 18.3. The fourth-order valence-electron chi connectivity index (χ4n) is 1.26. The van der Waals surface area contributed by atoms with Gasteiger partial charge in [-0.3, -0.25) is 0 Å². The quantitative estimate of drug-likeness (QED) is 0.667. The maximum atomic E-state index is 5.70. The molecular formula is C10H16Cl4N2. The molecule has 0 bridgehead atoms. The Labute approximate surface area is 119 Å². The molecule has 0 aliphatic rings. The van der Waals surface area contributed by atoms with Crippen molar-refractivity contribution in [3.05, 3.63) is 24.3 Å². The maximum absolute atomic E-state index is 5.70. The van der Waals surface area contributed by atoms with Crippen LogP contribution in [0.5, 0.6) is 0 Å². The monoisotopic (exact) mass is 304 g/mol. The first-order valence-electron chi connectivity index (χ1n) is 4.50. The molecular weight excluding hydrogens is 290 g/mol. The van der Waals surface area contributed by atoms with E-state index < -0.39 is 0 Å². The van der Waals surface area contributed by atoms with Gasteiger partial charge in [0.05, 0.1) is 0 Å². The van der Waals surface area contributed by atoms with Gasteiger partial charge in [0.25, 0.3) is 0 Å². The molecule has 0 spiro atoms. The van der Waals surface area contributed by atoms with Crippen molar-refractivity contribution in [3.63, 3.8) is 0 Å². The van der Waals surface area contributed by atoms with E-state index in [1.54, 1.807) is 0 Å². The van der Waals surface area contributed by atoms with Gasteiger partial charge in [0.1, 0.15) is 0 Å². The number of hydrogen-bond donors (Lipinski definition) is 1. The van der Waals surface area contributed by atoms with Gasteiger partial charge in [-0.2, -0.15) is 0 Å². The summed E-state index contributed by atoms with van der Waals surface area (Å²) in [5.74, 6) is 1.20. The van der Waals surface area contributed by atoms with Crippen molar-refractivity contribution in [1.29, 1.82) is 0 Å². The lowest BCUT2D eigenvalue weighted by molar-refractivity contribution is 0.874. The van der Waals surface area contributed by atoms with Crippen LogP contribution in [0, 0.1) is 0 Å². The molecule has 0 heterocycles. The van der Waals surface area contributed by atoms with Crippen molar-refractivity contribution in [3.8, 4) is 0 Å². The molecule has 6 heteroatoms. The average Bonchev–Trinajstić information content (AvgIpc) is 2.19. The second-order valence-electron chi connectivity index (χ2n) is 2.96. The van der Waals surface area contributed by atoms with Gasteiger partial charge >= 0.3 is 0 Å². The molecule has 16 heavy (non-hydrogen) atoms.